The summed E-state index contributed by atoms with van der Waals surface area (Å²) in [6.07, 6.45) is -0.125. The van der Waals surface area contributed by atoms with Gasteiger partial charge in [-0.2, -0.15) is 0 Å². The molecule has 7 heteroatoms. The van der Waals surface area contributed by atoms with Gasteiger partial charge in [-0.3, -0.25) is 9.59 Å². The van der Waals surface area contributed by atoms with Crippen molar-refractivity contribution in [3.63, 3.8) is 0 Å². The van der Waals surface area contributed by atoms with Crippen molar-refractivity contribution < 1.29 is 28.7 Å². The summed E-state index contributed by atoms with van der Waals surface area (Å²) in [5.41, 5.74) is 1.87. The van der Waals surface area contributed by atoms with Gasteiger partial charge in [-0.15, -0.1) is 0 Å². The van der Waals surface area contributed by atoms with Crippen LogP contribution in [0, 0.1) is 6.92 Å². The number of aryl methyl sites for hydroxylation is 1. The van der Waals surface area contributed by atoms with Gasteiger partial charge in [0.05, 0.1) is 31.8 Å². The molecule has 0 saturated carbocycles. The third-order valence-electron chi connectivity index (χ3n) is 4.13. The number of hydrogen-bond donors (Lipinski definition) is 0. The number of carbonyl (C=O) groups excluding carboxylic acids is 3. The number of carbonyl (C=O) groups is 3. The van der Waals surface area contributed by atoms with E-state index in [9.17, 15) is 14.4 Å². The molecule has 0 atom stereocenters. The lowest BCUT2D eigenvalue weighted by atomic mass is 10.0. The van der Waals surface area contributed by atoms with Crippen LogP contribution in [0.3, 0.4) is 0 Å². The Morgan fingerprint density at radius 3 is 2.04 bits per heavy atom. The lowest BCUT2D eigenvalue weighted by Gasteiger charge is -2.15. The molecule has 0 unspecified atom stereocenters. The molecule has 134 valence electrons. The Labute approximate surface area is 150 Å². The van der Waals surface area contributed by atoms with Gasteiger partial charge < -0.3 is 14.3 Å². The van der Waals surface area contributed by atoms with Crippen molar-refractivity contribution >= 4 is 17.8 Å². The average molecular weight is 355 g/mol. The summed E-state index contributed by atoms with van der Waals surface area (Å²) in [7, 11) is 3.02. The van der Waals surface area contributed by atoms with Crippen molar-refractivity contribution in [3.8, 4) is 11.5 Å². The summed E-state index contributed by atoms with van der Waals surface area (Å²) in [5, 5.41) is 0.503. The SMILES string of the molecule is COc1cc(C)c(CC(=O)ON2C(=O)c3ccccc3C2=O)cc1OC. The van der Waals surface area contributed by atoms with Gasteiger partial charge in [0.15, 0.2) is 11.5 Å². The molecule has 2 aromatic carbocycles. The molecule has 26 heavy (non-hydrogen) atoms. The molecule has 0 radical (unpaired) electrons. The van der Waals surface area contributed by atoms with E-state index in [-0.39, 0.29) is 17.5 Å². The number of imide groups is 1. The molecule has 0 fully saturated rings. The molecular formula is C19H17NO6. The molecule has 7 nitrogen and oxygen atoms in total. The Hall–Kier alpha value is -3.35. The Kier molecular flexibility index (Phi) is 4.62. The summed E-state index contributed by atoms with van der Waals surface area (Å²) >= 11 is 0. The lowest BCUT2D eigenvalue weighted by molar-refractivity contribution is -0.167. The normalized spacial score (nSPS) is 12.8. The number of rotatable bonds is 5. The molecule has 0 spiro atoms. The van der Waals surface area contributed by atoms with Crippen LogP contribution in [0.2, 0.25) is 0 Å². The molecule has 0 aromatic heterocycles. The van der Waals surface area contributed by atoms with Crippen LogP contribution in [-0.4, -0.2) is 37.1 Å². The highest BCUT2D eigenvalue weighted by Gasteiger charge is 2.38. The maximum Gasteiger partial charge on any atom is 0.337 e. The predicted octanol–water partition coefficient (Wildman–Crippen LogP) is 2.31. The van der Waals surface area contributed by atoms with E-state index < -0.39 is 17.8 Å². The second-order valence-electron chi connectivity index (χ2n) is 5.72. The van der Waals surface area contributed by atoms with Crippen LogP contribution in [0.5, 0.6) is 11.5 Å². The number of fused-ring (bicyclic) bond motifs is 1. The van der Waals surface area contributed by atoms with Crippen LogP contribution >= 0.6 is 0 Å². The molecule has 2 amide bonds. The number of amides is 2. The third-order valence-corrected chi connectivity index (χ3v) is 4.13. The van der Waals surface area contributed by atoms with E-state index in [1.54, 1.807) is 24.3 Å². The lowest BCUT2D eigenvalue weighted by Crippen LogP contribution is -2.33. The van der Waals surface area contributed by atoms with Crippen molar-refractivity contribution in [2.75, 3.05) is 14.2 Å². The second-order valence-corrected chi connectivity index (χ2v) is 5.72. The van der Waals surface area contributed by atoms with Gasteiger partial charge in [0, 0.05) is 0 Å². The fraction of sp³-hybridized carbons (Fsp3) is 0.211. The first kappa shape index (κ1) is 17.5. The van der Waals surface area contributed by atoms with Gasteiger partial charge >= 0.3 is 5.97 Å². The number of benzene rings is 2. The molecule has 3 rings (SSSR count). The van der Waals surface area contributed by atoms with Gasteiger partial charge in [0.1, 0.15) is 0 Å². The van der Waals surface area contributed by atoms with Crippen molar-refractivity contribution in [2.45, 2.75) is 13.3 Å². The fourth-order valence-electron chi connectivity index (χ4n) is 2.75. The van der Waals surface area contributed by atoms with Gasteiger partial charge in [-0.25, -0.2) is 4.79 Å². The molecule has 1 aliphatic heterocycles. The van der Waals surface area contributed by atoms with Crippen LogP contribution in [0.4, 0.5) is 0 Å². The van der Waals surface area contributed by atoms with E-state index in [0.29, 0.717) is 22.1 Å². The summed E-state index contributed by atoms with van der Waals surface area (Å²) in [5.74, 6) is -1.01. The maximum absolute atomic E-state index is 12.3. The largest absolute Gasteiger partial charge is 0.493 e. The number of hydrogen-bond acceptors (Lipinski definition) is 6. The number of hydroxylamine groups is 2. The Balaban J connectivity index is 1.76. The van der Waals surface area contributed by atoms with E-state index in [4.69, 9.17) is 14.3 Å². The van der Waals surface area contributed by atoms with Crippen molar-refractivity contribution in [1.82, 2.24) is 5.06 Å². The molecule has 1 aliphatic rings. The molecule has 0 aliphatic carbocycles. The van der Waals surface area contributed by atoms with Gasteiger partial charge in [0.2, 0.25) is 0 Å². The molecular weight excluding hydrogens is 338 g/mol. The quantitative estimate of drug-likeness (QED) is 0.766. The molecule has 0 N–H and O–H groups in total. The van der Waals surface area contributed by atoms with Crippen LogP contribution < -0.4 is 9.47 Å². The van der Waals surface area contributed by atoms with Gasteiger partial charge in [-0.05, 0) is 42.3 Å². The Morgan fingerprint density at radius 1 is 0.962 bits per heavy atom. The van der Waals surface area contributed by atoms with Crippen LogP contribution in [0.25, 0.3) is 0 Å². The summed E-state index contributed by atoms with van der Waals surface area (Å²) < 4.78 is 10.4. The number of methoxy groups -OCH3 is 2. The fourth-order valence-corrected chi connectivity index (χ4v) is 2.75. The highest BCUT2D eigenvalue weighted by Crippen LogP contribution is 2.31. The smallest absolute Gasteiger partial charge is 0.337 e. The number of nitrogens with zero attached hydrogens (tertiary/aromatic N) is 1. The number of ether oxygens (including phenoxy) is 2. The minimum Gasteiger partial charge on any atom is -0.493 e. The molecule has 0 saturated heterocycles. The molecule has 2 aromatic rings. The van der Waals surface area contributed by atoms with E-state index in [1.807, 2.05) is 6.92 Å². The zero-order chi connectivity index (χ0) is 18.8. The minimum absolute atomic E-state index is 0.125. The van der Waals surface area contributed by atoms with Gasteiger partial charge in [0.25, 0.3) is 11.8 Å². The minimum atomic E-state index is -0.727. The topological polar surface area (TPSA) is 82.1 Å². The second kappa shape index (κ2) is 6.87. The standard InChI is InChI=1S/C19H17NO6/c1-11-8-15(24-2)16(25-3)9-12(11)10-17(21)26-20-18(22)13-6-4-5-7-14(13)19(20)23/h4-9H,10H2,1-3H3. The van der Waals surface area contributed by atoms with Crippen LogP contribution in [0.15, 0.2) is 36.4 Å². The first-order valence-electron chi connectivity index (χ1n) is 7.86. The van der Waals surface area contributed by atoms with E-state index in [1.165, 1.54) is 26.4 Å². The van der Waals surface area contributed by atoms with E-state index >= 15 is 0 Å². The first-order chi connectivity index (χ1) is 12.5. The first-order valence-corrected chi connectivity index (χ1v) is 7.86. The Bertz CT molecular complexity index is 870. The molecule has 1 heterocycles. The van der Waals surface area contributed by atoms with Crippen molar-refractivity contribution in [3.05, 3.63) is 58.7 Å². The van der Waals surface area contributed by atoms with Gasteiger partial charge in [-0.1, -0.05) is 17.2 Å². The summed E-state index contributed by atoms with van der Waals surface area (Å²) in [4.78, 5) is 41.8. The highest BCUT2D eigenvalue weighted by molar-refractivity contribution is 6.20. The highest BCUT2D eigenvalue weighted by atomic mass is 16.7. The van der Waals surface area contributed by atoms with Crippen molar-refractivity contribution in [2.24, 2.45) is 0 Å². The Morgan fingerprint density at radius 2 is 1.50 bits per heavy atom. The van der Waals surface area contributed by atoms with E-state index in [0.717, 1.165) is 5.56 Å². The predicted molar refractivity (Wildman–Crippen MR) is 91.0 cm³/mol. The van der Waals surface area contributed by atoms with E-state index in [2.05, 4.69) is 0 Å². The summed E-state index contributed by atoms with van der Waals surface area (Å²) in [6, 6.07) is 9.72. The van der Waals surface area contributed by atoms with Crippen molar-refractivity contribution in [1.29, 1.82) is 0 Å². The maximum atomic E-state index is 12.3. The van der Waals surface area contributed by atoms with Crippen LogP contribution in [0.1, 0.15) is 31.8 Å². The monoisotopic (exact) mass is 355 g/mol. The zero-order valence-corrected chi connectivity index (χ0v) is 14.6. The van der Waals surface area contributed by atoms with Crippen LogP contribution in [-0.2, 0) is 16.1 Å². The molecule has 0 bridgehead atoms. The summed E-state index contributed by atoms with van der Waals surface area (Å²) in [6.45, 7) is 1.81. The third kappa shape index (κ3) is 2.99. The average Bonchev–Trinajstić information content (AvgIpc) is 2.88. The zero-order valence-electron chi connectivity index (χ0n) is 14.6.